The van der Waals surface area contributed by atoms with Gasteiger partial charge in [0.05, 0.1) is 5.92 Å². The van der Waals surface area contributed by atoms with Crippen LogP contribution in [-0.4, -0.2) is 41.9 Å². The monoisotopic (exact) mass is 329 g/mol. The highest BCUT2D eigenvalue weighted by molar-refractivity contribution is 5.89. The smallest absolute Gasteiger partial charge is 0.225 e. The highest BCUT2D eigenvalue weighted by atomic mass is 35.5. The van der Waals surface area contributed by atoms with Crippen molar-refractivity contribution in [3.8, 4) is 0 Å². The molecule has 22 heavy (non-hydrogen) atoms. The van der Waals surface area contributed by atoms with Crippen molar-refractivity contribution in [2.45, 2.75) is 63.5 Å². The van der Waals surface area contributed by atoms with Crippen molar-refractivity contribution in [1.82, 2.24) is 10.2 Å². The summed E-state index contributed by atoms with van der Waals surface area (Å²) in [4.78, 5) is 26.6. The number of rotatable bonds is 4. The molecular formula is C16H28ClN3O2. The molecule has 2 saturated carbocycles. The second kappa shape index (κ2) is 7.64. The van der Waals surface area contributed by atoms with Gasteiger partial charge in [0, 0.05) is 25.0 Å². The maximum absolute atomic E-state index is 12.4. The normalized spacial score (nSPS) is 32.3. The van der Waals surface area contributed by atoms with Crippen LogP contribution in [0.1, 0.15) is 51.4 Å². The number of amides is 2. The van der Waals surface area contributed by atoms with Crippen LogP contribution in [0.25, 0.3) is 0 Å². The van der Waals surface area contributed by atoms with Crippen LogP contribution >= 0.6 is 12.4 Å². The maximum Gasteiger partial charge on any atom is 0.225 e. The zero-order valence-electron chi connectivity index (χ0n) is 13.1. The highest BCUT2D eigenvalue weighted by Gasteiger charge is 2.39. The highest BCUT2D eigenvalue weighted by Crippen LogP contribution is 2.30. The van der Waals surface area contributed by atoms with Gasteiger partial charge in [-0.3, -0.25) is 9.59 Å². The number of nitrogens with zero attached hydrogens (tertiary/aromatic N) is 1. The van der Waals surface area contributed by atoms with Crippen LogP contribution in [0, 0.1) is 11.8 Å². The van der Waals surface area contributed by atoms with Gasteiger partial charge >= 0.3 is 0 Å². The maximum atomic E-state index is 12.4. The Labute approximate surface area is 138 Å². The van der Waals surface area contributed by atoms with Crippen LogP contribution in [0.3, 0.4) is 0 Å². The average molecular weight is 330 g/mol. The molecule has 0 spiro atoms. The predicted molar refractivity (Wildman–Crippen MR) is 87.7 cm³/mol. The van der Waals surface area contributed by atoms with Crippen LogP contribution < -0.4 is 11.1 Å². The van der Waals surface area contributed by atoms with Crippen molar-refractivity contribution < 1.29 is 9.59 Å². The van der Waals surface area contributed by atoms with Gasteiger partial charge in [0.2, 0.25) is 11.8 Å². The Hall–Kier alpha value is -0.810. The Morgan fingerprint density at radius 2 is 1.91 bits per heavy atom. The zero-order chi connectivity index (χ0) is 14.8. The first kappa shape index (κ1) is 17.5. The summed E-state index contributed by atoms with van der Waals surface area (Å²) >= 11 is 0. The molecule has 2 amide bonds. The lowest BCUT2D eigenvalue weighted by atomic mass is 10.0. The largest absolute Gasteiger partial charge is 0.353 e. The standard InChI is InChI=1S/C16H27N3O2.ClH/c17-9-11-4-3-7-14(11)18-16(21)12-8-15(20)19(10-12)13-5-1-2-6-13;/h11-14H,1-10,17H2,(H,18,21);1H. The fraction of sp³-hybridized carbons (Fsp3) is 0.875. The fourth-order valence-corrected chi connectivity index (χ4v) is 4.29. The molecule has 3 atom stereocenters. The number of hydrogen-bond acceptors (Lipinski definition) is 3. The quantitative estimate of drug-likeness (QED) is 0.819. The van der Waals surface area contributed by atoms with Gasteiger partial charge in [-0.05, 0) is 38.1 Å². The number of hydrogen-bond donors (Lipinski definition) is 2. The van der Waals surface area contributed by atoms with Crippen LogP contribution in [0.15, 0.2) is 0 Å². The first-order valence-corrected chi connectivity index (χ1v) is 8.49. The first-order chi connectivity index (χ1) is 10.2. The van der Waals surface area contributed by atoms with E-state index in [0.717, 1.165) is 32.1 Å². The number of halogens is 1. The average Bonchev–Trinajstić information content (AvgIpc) is 3.17. The number of nitrogens with two attached hydrogens (primary N) is 1. The molecule has 1 saturated heterocycles. The summed E-state index contributed by atoms with van der Waals surface area (Å²) in [6.45, 7) is 1.26. The van der Waals surface area contributed by atoms with E-state index in [-0.39, 0.29) is 36.2 Å². The number of carbonyl (C=O) groups is 2. The van der Waals surface area contributed by atoms with Crippen molar-refractivity contribution >= 4 is 24.2 Å². The molecule has 3 aliphatic rings. The van der Waals surface area contributed by atoms with Gasteiger partial charge in [-0.15, -0.1) is 12.4 Å². The molecule has 6 heteroatoms. The molecule has 3 unspecified atom stereocenters. The Kier molecular flexibility index (Phi) is 6.09. The topological polar surface area (TPSA) is 75.4 Å². The summed E-state index contributed by atoms with van der Waals surface area (Å²) in [5.74, 6) is 0.493. The van der Waals surface area contributed by atoms with Crippen LogP contribution in [0.5, 0.6) is 0 Å². The van der Waals surface area contributed by atoms with Gasteiger partial charge in [-0.25, -0.2) is 0 Å². The molecule has 2 aliphatic carbocycles. The van der Waals surface area contributed by atoms with E-state index in [4.69, 9.17) is 5.73 Å². The van der Waals surface area contributed by atoms with Crippen LogP contribution in [0.4, 0.5) is 0 Å². The predicted octanol–water partition coefficient (Wildman–Crippen LogP) is 1.44. The van der Waals surface area contributed by atoms with E-state index >= 15 is 0 Å². The molecule has 0 radical (unpaired) electrons. The van der Waals surface area contributed by atoms with Crippen LogP contribution in [-0.2, 0) is 9.59 Å². The lowest BCUT2D eigenvalue weighted by Gasteiger charge is -2.25. The molecule has 1 heterocycles. The van der Waals surface area contributed by atoms with Gasteiger partial charge in [-0.2, -0.15) is 0 Å². The number of nitrogens with one attached hydrogen (secondary N) is 1. The molecule has 3 fully saturated rings. The van der Waals surface area contributed by atoms with Crippen molar-refractivity contribution in [2.24, 2.45) is 17.6 Å². The molecule has 5 nitrogen and oxygen atoms in total. The molecular weight excluding hydrogens is 302 g/mol. The summed E-state index contributed by atoms with van der Waals surface area (Å²) < 4.78 is 0. The zero-order valence-corrected chi connectivity index (χ0v) is 13.9. The Balaban J connectivity index is 0.00000176. The van der Waals surface area contributed by atoms with Gasteiger partial charge in [0.15, 0.2) is 0 Å². The molecule has 3 rings (SSSR count). The first-order valence-electron chi connectivity index (χ1n) is 8.49. The van der Waals surface area contributed by atoms with E-state index in [0.29, 0.717) is 31.5 Å². The minimum atomic E-state index is -0.155. The summed E-state index contributed by atoms with van der Waals surface area (Å²) in [5.41, 5.74) is 5.77. The molecule has 126 valence electrons. The molecule has 0 aromatic carbocycles. The van der Waals surface area contributed by atoms with Crippen LogP contribution in [0.2, 0.25) is 0 Å². The molecule has 0 aromatic heterocycles. The SMILES string of the molecule is Cl.NCC1CCCC1NC(=O)C1CC(=O)N(C2CCCC2)C1. The van der Waals surface area contributed by atoms with E-state index in [1.54, 1.807) is 0 Å². The summed E-state index contributed by atoms with van der Waals surface area (Å²) in [6, 6.07) is 0.608. The van der Waals surface area contributed by atoms with Crippen molar-refractivity contribution in [3.63, 3.8) is 0 Å². The van der Waals surface area contributed by atoms with Crippen molar-refractivity contribution in [3.05, 3.63) is 0 Å². The Morgan fingerprint density at radius 1 is 1.18 bits per heavy atom. The third-order valence-electron chi connectivity index (χ3n) is 5.58. The second-order valence-corrected chi connectivity index (χ2v) is 6.93. The van der Waals surface area contributed by atoms with E-state index in [1.807, 2.05) is 4.90 Å². The minimum Gasteiger partial charge on any atom is -0.353 e. The second-order valence-electron chi connectivity index (χ2n) is 6.93. The lowest BCUT2D eigenvalue weighted by molar-refractivity contribution is -0.130. The molecule has 3 N–H and O–H groups in total. The van der Waals surface area contributed by atoms with E-state index in [1.165, 1.54) is 12.8 Å². The molecule has 1 aliphatic heterocycles. The van der Waals surface area contributed by atoms with E-state index < -0.39 is 0 Å². The third-order valence-corrected chi connectivity index (χ3v) is 5.58. The Morgan fingerprint density at radius 3 is 2.59 bits per heavy atom. The summed E-state index contributed by atoms with van der Waals surface area (Å²) in [6.07, 6.45) is 8.32. The lowest BCUT2D eigenvalue weighted by Crippen LogP contribution is -2.43. The summed E-state index contributed by atoms with van der Waals surface area (Å²) in [5, 5.41) is 3.16. The Bertz CT molecular complexity index is 412. The van der Waals surface area contributed by atoms with Gasteiger partial charge in [0.1, 0.15) is 0 Å². The van der Waals surface area contributed by atoms with Gasteiger partial charge in [0.25, 0.3) is 0 Å². The van der Waals surface area contributed by atoms with Crippen molar-refractivity contribution in [2.75, 3.05) is 13.1 Å². The molecule has 0 bridgehead atoms. The van der Waals surface area contributed by atoms with Crippen molar-refractivity contribution in [1.29, 1.82) is 0 Å². The van der Waals surface area contributed by atoms with E-state index in [9.17, 15) is 9.59 Å². The minimum absolute atomic E-state index is 0. The third kappa shape index (κ3) is 3.57. The summed E-state index contributed by atoms with van der Waals surface area (Å²) in [7, 11) is 0. The van der Waals surface area contributed by atoms with E-state index in [2.05, 4.69) is 5.32 Å². The molecule has 0 aromatic rings. The number of likely N-dealkylation sites (tertiary alicyclic amines) is 1. The fourth-order valence-electron chi connectivity index (χ4n) is 4.29. The van der Waals surface area contributed by atoms with Gasteiger partial charge < -0.3 is 16.0 Å². The van der Waals surface area contributed by atoms with Gasteiger partial charge in [-0.1, -0.05) is 19.3 Å². The number of carbonyl (C=O) groups excluding carboxylic acids is 2.